The molecule has 2 heterocycles. The van der Waals surface area contributed by atoms with Gasteiger partial charge in [-0.05, 0) is 45.0 Å². The minimum absolute atomic E-state index is 0.0538. The van der Waals surface area contributed by atoms with Crippen molar-refractivity contribution in [3.63, 3.8) is 0 Å². The fraction of sp³-hybridized carbons (Fsp3) is 0.529. The summed E-state index contributed by atoms with van der Waals surface area (Å²) < 4.78 is 2.20. The Hall–Kier alpha value is -1.88. The van der Waals surface area contributed by atoms with Crippen LogP contribution in [0.2, 0.25) is 0 Å². The first-order valence-corrected chi connectivity index (χ1v) is 8.02. The maximum absolute atomic E-state index is 12.3. The zero-order valence-electron chi connectivity index (χ0n) is 13.5. The Morgan fingerprint density at radius 1 is 1.36 bits per heavy atom. The van der Waals surface area contributed by atoms with Gasteiger partial charge in [-0.25, -0.2) is 4.98 Å². The second-order valence-corrected chi connectivity index (χ2v) is 6.41. The van der Waals surface area contributed by atoms with Crippen LogP contribution in [0.1, 0.15) is 32.6 Å². The fourth-order valence-corrected chi connectivity index (χ4v) is 3.00. The van der Waals surface area contributed by atoms with E-state index in [-0.39, 0.29) is 11.8 Å². The molecular formula is C17H24N4O. The third-order valence-corrected chi connectivity index (χ3v) is 4.54. The summed E-state index contributed by atoms with van der Waals surface area (Å²) in [6.07, 6.45) is 0. The molecule has 1 fully saturated rings. The molecule has 1 saturated heterocycles. The number of nitrogens with zero attached hydrogens (tertiary/aromatic N) is 2. The van der Waals surface area contributed by atoms with Gasteiger partial charge in [0, 0.05) is 12.0 Å². The number of hydrogen-bond acceptors (Lipinski definition) is 3. The summed E-state index contributed by atoms with van der Waals surface area (Å²) in [5, 5.41) is 6.27. The molecule has 0 radical (unpaired) electrons. The third-order valence-electron chi connectivity index (χ3n) is 4.54. The van der Waals surface area contributed by atoms with Gasteiger partial charge in [0.15, 0.2) is 0 Å². The highest BCUT2D eigenvalue weighted by Gasteiger charge is 2.28. The van der Waals surface area contributed by atoms with Crippen molar-refractivity contribution in [2.24, 2.45) is 11.8 Å². The summed E-state index contributed by atoms with van der Waals surface area (Å²) in [6, 6.07) is 8.43. The summed E-state index contributed by atoms with van der Waals surface area (Å²) in [5.74, 6) is 1.55. The molecule has 5 nitrogen and oxygen atoms in total. The molecule has 1 aliphatic rings. The van der Waals surface area contributed by atoms with E-state index in [1.165, 1.54) is 0 Å². The van der Waals surface area contributed by atoms with Crippen molar-refractivity contribution in [1.82, 2.24) is 20.2 Å². The highest BCUT2D eigenvalue weighted by molar-refractivity contribution is 5.79. The van der Waals surface area contributed by atoms with Gasteiger partial charge in [-0.15, -0.1) is 0 Å². The van der Waals surface area contributed by atoms with Gasteiger partial charge in [0.25, 0.3) is 0 Å². The van der Waals surface area contributed by atoms with Crippen LogP contribution in [0.5, 0.6) is 0 Å². The summed E-state index contributed by atoms with van der Waals surface area (Å²) >= 11 is 0. The van der Waals surface area contributed by atoms with E-state index in [2.05, 4.69) is 40.1 Å². The normalized spacial score (nSPS) is 16.7. The predicted molar refractivity (Wildman–Crippen MR) is 87.5 cm³/mol. The van der Waals surface area contributed by atoms with Gasteiger partial charge < -0.3 is 15.2 Å². The molecule has 1 aromatic carbocycles. The van der Waals surface area contributed by atoms with Gasteiger partial charge in [0.05, 0.1) is 17.6 Å². The fourth-order valence-electron chi connectivity index (χ4n) is 3.00. The van der Waals surface area contributed by atoms with E-state index in [9.17, 15) is 4.79 Å². The van der Waals surface area contributed by atoms with Crippen LogP contribution in [0, 0.1) is 11.8 Å². The second-order valence-electron chi connectivity index (χ2n) is 6.41. The predicted octanol–water partition coefficient (Wildman–Crippen LogP) is 2.09. The van der Waals surface area contributed by atoms with Crippen molar-refractivity contribution >= 4 is 16.9 Å². The monoisotopic (exact) mass is 300 g/mol. The Morgan fingerprint density at radius 3 is 2.73 bits per heavy atom. The zero-order chi connectivity index (χ0) is 15.7. The maximum atomic E-state index is 12.3. The molecule has 1 unspecified atom stereocenters. The number of carbonyl (C=O) groups excluding carboxylic acids is 1. The van der Waals surface area contributed by atoms with E-state index < -0.39 is 0 Å². The van der Waals surface area contributed by atoms with E-state index in [4.69, 9.17) is 0 Å². The quantitative estimate of drug-likeness (QED) is 0.889. The number of nitrogens with one attached hydrogen (secondary N) is 2. The van der Waals surface area contributed by atoms with Crippen LogP contribution in [0.4, 0.5) is 0 Å². The molecule has 22 heavy (non-hydrogen) atoms. The molecule has 0 spiro atoms. The number of imidazole rings is 1. The average Bonchev–Trinajstić information content (AvgIpc) is 2.81. The third kappa shape index (κ3) is 2.73. The first kappa shape index (κ1) is 15.0. The van der Waals surface area contributed by atoms with Crippen LogP contribution in [-0.4, -0.2) is 28.5 Å². The first-order chi connectivity index (χ1) is 10.6. The lowest BCUT2D eigenvalue weighted by Gasteiger charge is -2.31. The Balaban J connectivity index is 1.75. The van der Waals surface area contributed by atoms with Gasteiger partial charge >= 0.3 is 0 Å². The molecule has 5 heteroatoms. The second kappa shape index (κ2) is 6.08. The van der Waals surface area contributed by atoms with Crippen molar-refractivity contribution < 1.29 is 4.79 Å². The summed E-state index contributed by atoms with van der Waals surface area (Å²) in [5.41, 5.74) is 2.11. The highest BCUT2D eigenvalue weighted by Crippen LogP contribution is 2.21. The molecule has 2 aromatic rings. The zero-order valence-corrected chi connectivity index (χ0v) is 13.5. The van der Waals surface area contributed by atoms with Crippen LogP contribution in [0.15, 0.2) is 24.3 Å². The number of aromatic nitrogens is 2. The van der Waals surface area contributed by atoms with Crippen LogP contribution < -0.4 is 10.6 Å². The minimum Gasteiger partial charge on any atom is -0.349 e. The molecule has 0 bridgehead atoms. The van der Waals surface area contributed by atoms with E-state index >= 15 is 0 Å². The molecule has 0 aliphatic carbocycles. The summed E-state index contributed by atoms with van der Waals surface area (Å²) in [7, 11) is 0. The SMILES string of the molecule is CC(C(=O)NCc1nc2ccccc2n1C(C)C)C1CNC1. The number of amides is 1. The lowest BCUT2D eigenvalue weighted by Crippen LogP contribution is -2.49. The van der Waals surface area contributed by atoms with Crippen LogP contribution in [0.25, 0.3) is 11.0 Å². The van der Waals surface area contributed by atoms with Gasteiger partial charge in [0.1, 0.15) is 5.82 Å². The number of hydrogen-bond donors (Lipinski definition) is 2. The topological polar surface area (TPSA) is 59.0 Å². The van der Waals surface area contributed by atoms with Gasteiger partial charge in [-0.2, -0.15) is 0 Å². The summed E-state index contributed by atoms with van der Waals surface area (Å²) in [4.78, 5) is 17.0. The molecule has 3 rings (SSSR count). The summed E-state index contributed by atoms with van der Waals surface area (Å²) in [6.45, 7) is 8.66. The van der Waals surface area contributed by atoms with E-state index in [0.29, 0.717) is 18.5 Å². The number of benzene rings is 1. The van der Waals surface area contributed by atoms with Crippen molar-refractivity contribution in [2.45, 2.75) is 33.4 Å². The van der Waals surface area contributed by atoms with Gasteiger partial charge in [-0.3, -0.25) is 4.79 Å². The average molecular weight is 300 g/mol. The number of fused-ring (bicyclic) bond motifs is 1. The van der Waals surface area contributed by atoms with E-state index in [1.54, 1.807) is 0 Å². The lowest BCUT2D eigenvalue weighted by atomic mass is 9.88. The molecule has 0 saturated carbocycles. The number of carbonyl (C=O) groups is 1. The molecule has 1 atom stereocenters. The van der Waals surface area contributed by atoms with Crippen LogP contribution in [-0.2, 0) is 11.3 Å². The Kier molecular flexibility index (Phi) is 4.16. The molecule has 1 aromatic heterocycles. The van der Waals surface area contributed by atoms with Crippen molar-refractivity contribution in [1.29, 1.82) is 0 Å². The molecule has 118 valence electrons. The minimum atomic E-state index is 0.0538. The molecule has 2 N–H and O–H groups in total. The van der Waals surface area contributed by atoms with Crippen molar-refractivity contribution in [3.8, 4) is 0 Å². The van der Waals surface area contributed by atoms with E-state index in [0.717, 1.165) is 29.9 Å². The van der Waals surface area contributed by atoms with Crippen molar-refractivity contribution in [2.75, 3.05) is 13.1 Å². The van der Waals surface area contributed by atoms with Gasteiger partial charge in [0.2, 0.25) is 5.91 Å². The molecule has 1 aliphatic heterocycles. The first-order valence-electron chi connectivity index (χ1n) is 8.02. The van der Waals surface area contributed by atoms with Gasteiger partial charge in [-0.1, -0.05) is 19.1 Å². The Labute approximate surface area is 131 Å². The molecular weight excluding hydrogens is 276 g/mol. The largest absolute Gasteiger partial charge is 0.349 e. The number of para-hydroxylation sites is 2. The van der Waals surface area contributed by atoms with Crippen LogP contribution in [0.3, 0.4) is 0 Å². The van der Waals surface area contributed by atoms with E-state index in [1.807, 2.05) is 25.1 Å². The maximum Gasteiger partial charge on any atom is 0.223 e. The van der Waals surface area contributed by atoms with Crippen molar-refractivity contribution in [3.05, 3.63) is 30.1 Å². The Bertz CT molecular complexity index is 672. The smallest absolute Gasteiger partial charge is 0.223 e. The number of rotatable bonds is 5. The lowest BCUT2D eigenvalue weighted by molar-refractivity contribution is -0.126. The standard InChI is InChI=1S/C17H24N4O/c1-11(2)21-15-7-5-4-6-14(15)20-16(21)10-19-17(22)12(3)13-8-18-9-13/h4-7,11-13,18H,8-10H2,1-3H3,(H,19,22). The van der Waals surface area contributed by atoms with Crippen LogP contribution >= 0.6 is 0 Å². The highest BCUT2D eigenvalue weighted by atomic mass is 16.1. The molecule has 1 amide bonds. The Morgan fingerprint density at radius 2 is 2.09 bits per heavy atom.